The molecule has 2 N–H and O–H groups in total. The summed E-state index contributed by atoms with van der Waals surface area (Å²) in [7, 11) is 0. The Kier molecular flexibility index (Phi) is 7.89. The van der Waals surface area contributed by atoms with Crippen LogP contribution in [0.15, 0.2) is 24.3 Å². The maximum atomic E-state index is 11.9. The molecule has 130 valence electrons. The molecule has 5 heteroatoms. The Hall–Kier alpha value is -1.75. The van der Waals surface area contributed by atoms with Crippen LogP contribution in [0.2, 0.25) is 0 Å². The molecule has 1 aromatic rings. The van der Waals surface area contributed by atoms with Crippen molar-refractivity contribution in [3.05, 3.63) is 29.8 Å². The Labute approximate surface area is 139 Å². The summed E-state index contributed by atoms with van der Waals surface area (Å²) in [4.78, 5) is 11.9. The first-order chi connectivity index (χ1) is 10.9. The third-order valence-corrected chi connectivity index (χ3v) is 3.30. The zero-order valence-corrected chi connectivity index (χ0v) is 14.6. The van der Waals surface area contributed by atoms with Crippen LogP contribution in [-0.2, 0) is 11.2 Å². The predicted molar refractivity (Wildman–Crippen MR) is 90.8 cm³/mol. The third-order valence-electron chi connectivity index (χ3n) is 3.30. The zero-order chi connectivity index (χ0) is 17.3. The molecule has 1 atom stereocenters. The number of amides is 1. The Morgan fingerprint density at radius 1 is 1.30 bits per heavy atom. The van der Waals surface area contributed by atoms with Crippen LogP contribution in [0.4, 0.5) is 4.79 Å². The number of aliphatic hydroxyl groups excluding tert-OH is 1. The van der Waals surface area contributed by atoms with Gasteiger partial charge in [0.2, 0.25) is 0 Å². The monoisotopic (exact) mass is 323 g/mol. The molecule has 5 nitrogen and oxygen atoms in total. The summed E-state index contributed by atoms with van der Waals surface area (Å²) >= 11 is 0. The maximum Gasteiger partial charge on any atom is 0.407 e. The van der Waals surface area contributed by atoms with Gasteiger partial charge < -0.3 is 19.9 Å². The van der Waals surface area contributed by atoms with Crippen LogP contribution < -0.4 is 10.1 Å². The van der Waals surface area contributed by atoms with Gasteiger partial charge in [0.25, 0.3) is 0 Å². The molecule has 0 fully saturated rings. The fourth-order valence-corrected chi connectivity index (χ4v) is 2.19. The van der Waals surface area contributed by atoms with Crippen LogP contribution in [0.5, 0.6) is 5.75 Å². The summed E-state index contributed by atoms with van der Waals surface area (Å²) in [5, 5.41) is 11.8. The molecule has 1 aromatic carbocycles. The highest BCUT2D eigenvalue weighted by Gasteiger charge is 2.19. The third kappa shape index (κ3) is 7.88. The molecular weight excluding hydrogens is 294 g/mol. The van der Waals surface area contributed by atoms with E-state index in [-0.39, 0.29) is 25.3 Å². The van der Waals surface area contributed by atoms with Crippen molar-refractivity contribution in [1.29, 1.82) is 0 Å². The molecule has 0 aliphatic heterocycles. The van der Waals surface area contributed by atoms with Crippen molar-refractivity contribution in [2.45, 2.75) is 58.6 Å². The SMILES string of the molecule is CC[C@@H](CCc1ccccc1OCCO)NC(=O)OC(C)(C)C. The van der Waals surface area contributed by atoms with E-state index in [1.807, 2.05) is 52.0 Å². The second kappa shape index (κ2) is 9.40. The number of carbonyl (C=O) groups is 1. The lowest BCUT2D eigenvalue weighted by atomic mass is 10.0. The molecule has 0 bridgehead atoms. The number of ether oxygens (including phenoxy) is 2. The number of benzene rings is 1. The van der Waals surface area contributed by atoms with Crippen molar-refractivity contribution >= 4 is 6.09 Å². The molecule has 1 amide bonds. The van der Waals surface area contributed by atoms with E-state index in [9.17, 15) is 4.79 Å². The summed E-state index contributed by atoms with van der Waals surface area (Å²) in [6.45, 7) is 7.86. The van der Waals surface area contributed by atoms with Gasteiger partial charge in [0, 0.05) is 6.04 Å². The van der Waals surface area contributed by atoms with E-state index >= 15 is 0 Å². The second-order valence-electron chi connectivity index (χ2n) is 6.47. The van der Waals surface area contributed by atoms with E-state index in [0.717, 1.165) is 30.6 Å². The number of aliphatic hydroxyl groups is 1. The zero-order valence-electron chi connectivity index (χ0n) is 14.6. The number of aryl methyl sites for hydroxylation is 1. The van der Waals surface area contributed by atoms with Crippen molar-refractivity contribution in [1.82, 2.24) is 5.32 Å². The highest BCUT2D eigenvalue weighted by Crippen LogP contribution is 2.20. The smallest absolute Gasteiger partial charge is 0.407 e. The van der Waals surface area contributed by atoms with Crippen molar-refractivity contribution in [2.24, 2.45) is 0 Å². The van der Waals surface area contributed by atoms with Crippen LogP contribution in [0.3, 0.4) is 0 Å². The number of rotatable bonds is 8. The molecule has 0 aromatic heterocycles. The minimum atomic E-state index is -0.493. The lowest BCUT2D eigenvalue weighted by molar-refractivity contribution is 0.0500. The quantitative estimate of drug-likeness (QED) is 0.770. The normalized spacial score (nSPS) is 12.6. The van der Waals surface area contributed by atoms with Crippen LogP contribution in [0, 0.1) is 0 Å². The summed E-state index contributed by atoms with van der Waals surface area (Å²) in [5.74, 6) is 0.786. The van der Waals surface area contributed by atoms with Gasteiger partial charge in [-0.05, 0) is 51.7 Å². The summed E-state index contributed by atoms with van der Waals surface area (Å²) in [6.07, 6.45) is 2.04. The lowest BCUT2D eigenvalue weighted by Gasteiger charge is -2.23. The minimum absolute atomic E-state index is 0.00782. The van der Waals surface area contributed by atoms with Gasteiger partial charge in [-0.1, -0.05) is 25.1 Å². The van der Waals surface area contributed by atoms with Crippen LogP contribution in [-0.4, -0.2) is 36.1 Å². The van der Waals surface area contributed by atoms with Gasteiger partial charge in [-0.25, -0.2) is 4.79 Å². The first-order valence-electron chi connectivity index (χ1n) is 8.16. The van der Waals surface area contributed by atoms with E-state index in [2.05, 4.69) is 5.32 Å². The van der Waals surface area contributed by atoms with Crippen LogP contribution >= 0.6 is 0 Å². The summed E-state index contributed by atoms with van der Waals surface area (Å²) in [6, 6.07) is 7.83. The number of para-hydroxylation sites is 1. The fraction of sp³-hybridized carbons (Fsp3) is 0.611. The van der Waals surface area contributed by atoms with Crippen molar-refractivity contribution in [3.8, 4) is 5.75 Å². The topological polar surface area (TPSA) is 67.8 Å². The van der Waals surface area contributed by atoms with Crippen LogP contribution in [0.1, 0.15) is 46.1 Å². The molecule has 0 radical (unpaired) electrons. The molecule has 0 spiro atoms. The summed E-state index contributed by atoms with van der Waals surface area (Å²) in [5.41, 5.74) is 0.581. The molecule has 0 aliphatic carbocycles. The lowest BCUT2D eigenvalue weighted by Crippen LogP contribution is -2.39. The predicted octanol–water partition coefficient (Wildman–Crippen LogP) is 3.29. The number of alkyl carbamates (subject to hydrolysis) is 1. The highest BCUT2D eigenvalue weighted by molar-refractivity contribution is 5.68. The molecule has 0 aliphatic rings. The van der Waals surface area contributed by atoms with Crippen molar-refractivity contribution in [3.63, 3.8) is 0 Å². The van der Waals surface area contributed by atoms with Gasteiger partial charge in [0.15, 0.2) is 0 Å². The van der Waals surface area contributed by atoms with E-state index < -0.39 is 5.60 Å². The first kappa shape index (κ1) is 19.3. The average Bonchev–Trinajstić information content (AvgIpc) is 2.48. The van der Waals surface area contributed by atoms with Gasteiger partial charge in [0.1, 0.15) is 18.0 Å². The molecular formula is C18H29NO4. The molecule has 0 saturated carbocycles. The average molecular weight is 323 g/mol. The maximum absolute atomic E-state index is 11.9. The van der Waals surface area contributed by atoms with Gasteiger partial charge in [0.05, 0.1) is 6.61 Å². The number of carbonyl (C=O) groups excluding carboxylic acids is 1. The van der Waals surface area contributed by atoms with Crippen LogP contribution in [0.25, 0.3) is 0 Å². The Balaban J connectivity index is 2.56. The fourth-order valence-electron chi connectivity index (χ4n) is 2.19. The Morgan fingerprint density at radius 3 is 2.61 bits per heavy atom. The molecule has 23 heavy (non-hydrogen) atoms. The number of hydrogen-bond donors (Lipinski definition) is 2. The molecule has 0 heterocycles. The summed E-state index contributed by atoms with van der Waals surface area (Å²) < 4.78 is 10.8. The van der Waals surface area contributed by atoms with Gasteiger partial charge in [-0.3, -0.25) is 0 Å². The Morgan fingerprint density at radius 2 is 2.00 bits per heavy atom. The number of nitrogens with one attached hydrogen (secondary N) is 1. The molecule has 1 rings (SSSR count). The van der Waals surface area contributed by atoms with E-state index in [4.69, 9.17) is 14.6 Å². The van der Waals surface area contributed by atoms with Crippen molar-refractivity contribution in [2.75, 3.05) is 13.2 Å². The number of hydrogen-bond acceptors (Lipinski definition) is 4. The van der Waals surface area contributed by atoms with Crippen molar-refractivity contribution < 1.29 is 19.4 Å². The van der Waals surface area contributed by atoms with Gasteiger partial charge in [-0.15, -0.1) is 0 Å². The van der Waals surface area contributed by atoms with E-state index in [0.29, 0.717) is 0 Å². The highest BCUT2D eigenvalue weighted by atomic mass is 16.6. The van der Waals surface area contributed by atoms with Gasteiger partial charge >= 0.3 is 6.09 Å². The molecule has 0 saturated heterocycles. The largest absolute Gasteiger partial charge is 0.491 e. The standard InChI is InChI=1S/C18H29NO4/c1-5-15(19-17(21)23-18(2,3)4)11-10-14-8-6-7-9-16(14)22-13-12-20/h6-9,15,20H,5,10-13H2,1-4H3,(H,19,21)/t15-/m0/s1. The Bertz CT molecular complexity index is 482. The first-order valence-corrected chi connectivity index (χ1v) is 8.16. The second-order valence-corrected chi connectivity index (χ2v) is 6.47. The molecule has 0 unspecified atom stereocenters. The minimum Gasteiger partial charge on any atom is -0.491 e. The van der Waals surface area contributed by atoms with Gasteiger partial charge in [-0.2, -0.15) is 0 Å². The van der Waals surface area contributed by atoms with E-state index in [1.165, 1.54) is 0 Å². The van der Waals surface area contributed by atoms with E-state index in [1.54, 1.807) is 0 Å².